The second-order valence-corrected chi connectivity index (χ2v) is 13.4. The highest BCUT2D eigenvalue weighted by Crippen LogP contribution is 2.28. The highest BCUT2D eigenvalue weighted by molar-refractivity contribution is 7.89. The average molecular weight is 592 g/mol. The van der Waals surface area contributed by atoms with E-state index in [1.807, 2.05) is 12.1 Å². The quantitative estimate of drug-likeness (QED) is 0.378. The molecule has 208 valence electrons. The Labute approximate surface area is 238 Å². The van der Waals surface area contributed by atoms with Crippen LogP contribution < -0.4 is 10.5 Å². The number of carbonyl (C=O) groups excluding carboxylic acids is 1. The van der Waals surface area contributed by atoms with Gasteiger partial charge >= 0.3 is 0 Å². The van der Waals surface area contributed by atoms with Gasteiger partial charge in [0.2, 0.25) is 10.0 Å². The SMILES string of the molecule is O=C(CCc1ccc(Cl)c(Cl)c1)Cn1cnc2ccc(N3CCN(S(=O)(=O)C4CCCCC4)CC3)cc2c1=O. The van der Waals surface area contributed by atoms with Crippen LogP contribution in [0, 0.1) is 0 Å². The minimum atomic E-state index is -3.28. The van der Waals surface area contributed by atoms with Crippen molar-refractivity contribution in [1.82, 2.24) is 13.9 Å². The smallest absolute Gasteiger partial charge is 0.261 e. The molecule has 2 aliphatic rings. The number of anilines is 1. The van der Waals surface area contributed by atoms with Crippen LogP contribution in [0.4, 0.5) is 5.69 Å². The normalized spacial score (nSPS) is 17.5. The van der Waals surface area contributed by atoms with Gasteiger partial charge in [0.25, 0.3) is 5.56 Å². The highest BCUT2D eigenvalue weighted by Gasteiger charge is 2.34. The van der Waals surface area contributed by atoms with Gasteiger partial charge in [-0.2, -0.15) is 4.31 Å². The van der Waals surface area contributed by atoms with Crippen LogP contribution in [-0.2, 0) is 27.8 Å². The number of benzene rings is 2. The van der Waals surface area contributed by atoms with Gasteiger partial charge in [-0.25, -0.2) is 13.4 Å². The number of hydrogen-bond acceptors (Lipinski definition) is 6. The highest BCUT2D eigenvalue weighted by atomic mass is 35.5. The van der Waals surface area contributed by atoms with Crippen LogP contribution in [0.2, 0.25) is 10.0 Å². The first-order valence-corrected chi connectivity index (χ1v) is 15.7. The molecule has 1 aromatic heterocycles. The van der Waals surface area contributed by atoms with Crippen molar-refractivity contribution in [1.29, 1.82) is 0 Å². The summed E-state index contributed by atoms with van der Waals surface area (Å²) in [5, 5.41) is 1.09. The lowest BCUT2D eigenvalue weighted by Gasteiger charge is -2.37. The maximum absolute atomic E-state index is 13.2. The molecule has 0 unspecified atom stereocenters. The number of aryl methyl sites for hydroxylation is 1. The van der Waals surface area contributed by atoms with Gasteiger partial charge in [-0.05, 0) is 55.2 Å². The Balaban J connectivity index is 1.24. The number of hydrogen-bond donors (Lipinski definition) is 0. The van der Waals surface area contributed by atoms with Crippen LogP contribution in [0.3, 0.4) is 0 Å². The molecule has 8 nitrogen and oxygen atoms in total. The summed E-state index contributed by atoms with van der Waals surface area (Å²) >= 11 is 12.0. The molecule has 0 spiro atoms. The van der Waals surface area contributed by atoms with E-state index < -0.39 is 10.0 Å². The fourth-order valence-corrected chi connectivity index (χ4v) is 7.82. The minimum Gasteiger partial charge on any atom is -0.369 e. The Morgan fingerprint density at radius 1 is 0.949 bits per heavy atom. The topological polar surface area (TPSA) is 92.6 Å². The van der Waals surface area contributed by atoms with Gasteiger partial charge in [-0.1, -0.05) is 48.5 Å². The lowest BCUT2D eigenvalue weighted by Crippen LogP contribution is -2.51. The Kier molecular flexibility index (Phi) is 8.61. The molecule has 5 rings (SSSR count). The molecule has 2 heterocycles. The minimum absolute atomic E-state index is 0.0645. The number of aromatic nitrogens is 2. The molecular weight excluding hydrogens is 559 g/mol. The summed E-state index contributed by atoms with van der Waals surface area (Å²) in [6, 6.07) is 10.8. The first-order valence-electron chi connectivity index (χ1n) is 13.4. The zero-order valence-corrected chi connectivity index (χ0v) is 24.0. The van der Waals surface area contributed by atoms with Crippen molar-refractivity contribution in [3.63, 3.8) is 0 Å². The lowest BCUT2D eigenvalue weighted by atomic mass is 10.0. The van der Waals surface area contributed by atoms with Crippen LogP contribution in [-0.4, -0.2) is 59.5 Å². The number of nitrogens with zero attached hydrogens (tertiary/aromatic N) is 4. The number of carbonyl (C=O) groups is 1. The van der Waals surface area contributed by atoms with E-state index >= 15 is 0 Å². The molecule has 0 radical (unpaired) electrons. The van der Waals surface area contributed by atoms with Crippen molar-refractivity contribution in [2.75, 3.05) is 31.1 Å². The van der Waals surface area contributed by atoms with Crippen molar-refractivity contribution in [3.8, 4) is 0 Å². The standard InChI is InChI=1S/C28H32Cl2N4O4S/c29-25-10-7-20(16-26(25)30)6-9-22(35)18-33-19-31-27-11-8-21(17-24(27)28(33)36)32-12-14-34(15-13-32)39(37,38)23-4-2-1-3-5-23/h7-8,10-11,16-17,19,23H,1-6,9,12-15,18H2. The molecule has 1 aliphatic carbocycles. The van der Waals surface area contributed by atoms with E-state index in [9.17, 15) is 18.0 Å². The van der Waals surface area contributed by atoms with Gasteiger partial charge < -0.3 is 4.90 Å². The van der Waals surface area contributed by atoms with E-state index in [2.05, 4.69) is 9.88 Å². The predicted molar refractivity (Wildman–Crippen MR) is 155 cm³/mol. The molecule has 0 bridgehead atoms. The number of piperazine rings is 1. The van der Waals surface area contributed by atoms with Crippen molar-refractivity contribution in [2.24, 2.45) is 0 Å². The summed E-state index contributed by atoms with van der Waals surface area (Å²) in [7, 11) is -3.28. The van der Waals surface area contributed by atoms with E-state index in [-0.39, 0.29) is 29.6 Å². The first-order chi connectivity index (χ1) is 18.7. The Morgan fingerprint density at radius 2 is 1.69 bits per heavy atom. The zero-order valence-electron chi connectivity index (χ0n) is 21.7. The number of sulfonamides is 1. The molecule has 0 atom stereocenters. The molecule has 0 amide bonds. The van der Waals surface area contributed by atoms with Gasteiger partial charge in [0.05, 0.1) is 39.1 Å². The van der Waals surface area contributed by atoms with Crippen molar-refractivity contribution in [3.05, 3.63) is 68.7 Å². The number of halogens is 2. The third kappa shape index (κ3) is 6.32. The monoisotopic (exact) mass is 590 g/mol. The van der Waals surface area contributed by atoms with Gasteiger partial charge in [0.1, 0.15) is 0 Å². The first kappa shape index (κ1) is 28.1. The third-order valence-electron chi connectivity index (χ3n) is 7.77. The fraction of sp³-hybridized carbons (Fsp3) is 0.464. The molecular formula is C28H32Cl2N4O4S. The van der Waals surface area contributed by atoms with Crippen LogP contribution >= 0.6 is 23.2 Å². The van der Waals surface area contributed by atoms with E-state index in [0.717, 1.165) is 43.4 Å². The molecule has 3 aromatic rings. The summed E-state index contributed by atoms with van der Waals surface area (Å²) in [5.74, 6) is -0.0872. The molecule has 2 fully saturated rings. The Hall–Kier alpha value is -2.46. The second-order valence-electron chi connectivity index (χ2n) is 10.4. The average Bonchev–Trinajstić information content (AvgIpc) is 2.95. The molecule has 1 saturated carbocycles. The van der Waals surface area contributed by atoms with E-state index in [1.165, 1.54) is 10.9 Å². The lowest BCUT2D eigenvalue weighted by molar-refractivity contribution is -0.119. The molecule has 2 aromatic carbocycles. The van der Waals surface area contributed by atoms with Crippen LogP contribution in [0.1, 0.15) is 44.1 Å². The Bertz CT molecular complexity index is 1530. The number of ketones is 1. The second kappa shape index (κ2) is 12.0. The van der Waals surface area contributed by atoms with Crippen molar-refractivity contribution >= 4 is 55.6 Å². The number of rotatable bonds is 8. The van der Waals surface area contributed by atoms with Crippen LogP contribution in [0.5, 0.6) is 0 Å². The largest absolute Gasteiger partial charge is 0.369 e. The number of fused-ring (bicyclic) bond motifs is 1. The van der Waals surface area contributed by atoms with Gasteiger partial charge in [0, 0.05) is 38.3 Å². The number of Topliss-reactive ketones (excluding diaryl/α,β-unsaturated/α-hetero) is 1. The maximum Gasteiger partial charge on any atom is 0.261 e. The van der Waals surface area contributed by atoms with Gasteiger partial charge in [-0.15, -0.1) is 0 Å². The van der Waals surface area contributed by atoms with Gasteiger partial charge in [-0.3, -0.25) is 14.2 Å². The van der Waals surface area contributed by atoms with Crippen molar-refractivity contribution in [2.45, 2.75) is 56.7 Å². The summed E-state index contributed by atoms with van der Waals surface area (Å²) in [4.78, 5) is 32.4. The van der Waals surface area contributed by atoms with Crippen LogP contribution in [0.25, 0.3) is 10.9 Å². The Morgan fingerprint density at radius 3 is 2.41 bits per heavy atom. The van der Waals surface area contributed by atoms with E-state index in [1.54, 1.807) is 28.6 Å². The zero-order chi connectivity index (χ0) is 27.6. The van der Waals surface area contributed by atoms with E-state index in [0.29, 0.717) is 53.5 Å². The molecule has 39 heavy (non-hydrogen) atoms. The summed E-state index contributed by atoms with van der Waals surface area (Å²) in [5.41, 5.74) is 2.03. The molecule has 0 N–H and O–H groups in total. The third-order valence-corrected chi connectivity index (χ3v) is 10.9. The van der Waals surface area contributed by atoms with Crippen LogP contribution in [0.15, 0.2) is 47.5 Å². The molecule has 1 saturated heterocycles. The summed E-state index contributed by atoms with van der Waals surface area (Å²) < 4.78 is 29.2. The maximum atomic E-state index is 13.2. The van der Waals surface area contributed by atoms with Gasteiger partial charge in [0.15, 0.2) is 5.78 Å². The summed E-state index contributed by atoms with van der Waals surface area (Å²) in [6.45, 7) is 1.91. The molecule has 1 aliphatic heterocycles. The predicted octanol–water partition coefficient (Wildman–Crippen LogP) is 4.69. The molecule has 11 heteroatoms. The van der Waals surface area contributed by atoms with E-state index in [4.69, 9.17) is 23.2 Å². The summed E-state index contributed by atoms with van der Waals surface area (Å²) in [6.07, 6.45) is 6.76. The van der Waals surface area contributed by atoms with Crippen molar-refractivity contribution < 1.29 is 13.2 Å². The fourth-order valence-electron chi connectivity index (χ4n) is 5.48.